The summed E-state index contributed by atoms with van der Waals surface area (Å²) in [4.78, 5) is 13.0. The summed E-state index contributed by atoms with van der Waals surface area (Å²) in [6.07, 6.45) is 3.68. The predicted molar refractivity (Wildman–Crippen MR) is 138 cm³/mol. The van der Waals surface area contributed by atoms with Crippen molar-refractivity contribution in [3.8, 4) is 11.5 Å². The van der Waals surface area contributed by atoms with Crippen molar-refractivity contribution in [2.24, 2.45) is 16.4 Å². The van der Waals surface area contributed by atoms with Crippen LogP contribution in [0.2, 0.25) is 0 Å². The van der Waals surface area contributed by atoms with Gasteiger partial charge < -0.3 is 9.47 Å². The molecule has 0 unspecified atom stereocenters. The van der Waals surface area contributed by atoms with Crippen molar-refractivity contribution < 1.29 is 22.7 Å². The molecule has 9 heteroatoms. The molecule has 1 aliphatic carbocycles. The Hall–Kier alpha value is -3.07. The van der Waals surface area contributed by atoms with Crippen LogP contribution in [0, 0.1) is 11.3 Å². The minimum Gasteiger partial charge on any atom is -0.497 e. The van der Waals surface area contributed by atoms with Gasteiger partial charge in [0.25, 0.3) is 15.9 Å². The summed E-state index contributed by atoms with van der Waals surface area (Å²) in [5.74, 6) is 0.805. The molecule has 1 aliphatic rings. The summed E-state index contributed by atoms with van der Waals surface area (Å²) in [6.45, 7) is 6.27. The number of carbonyl (C=O) groups excluding carboxylic acids is 1. The highest BCUT2D eigenvalue weighted by atomic mass is 32.2. The molecule has 35 heavy (non-hydrogen) atoms. The molecule has 0 saturated heterocycles. The molecule has 0 heterocycles. The molecule has 1 fully saturated rings. The lowest BCUT2D eigenvalue weighted by Gasteiger charge is -2.34. The van der Waals surface area contributed by atoms with Crippen molar-refractivity contribution in [3.05, 3.63) is 48.5 Å². The lowest BCUT2D eigenvalue weighted by atomic mass is 9.72. The van der Waals surface area contributed by atoms with Crippen molar-refractivity contribution in [2.75, 3.05) is 25.1 Å². The third-order valence-corrected chi connectivity index (χ3v) is 8.17. The fourth-order valence-corrected chi connectivity index (χ4v) is 5.69. The van der Waals surface area contributed by atoms with Crippen LogP contribution in [0.3, 0.4) is 0 Å². The zero-order valence-electron chi connectivity index (χ0n) is 21.1. The first-order valence-electron chi connectivity index (χ1n) is 11.7. The molecule has 0 bridgehead atoms. The second-order valence-electron chi connectivity index (χ2n) is 9.72. The van der Waals surface area contributed by atoms with E-state index >= 15 is 0 Å². The summed E-state index contributed by atoms with van der Waals surface area (Å²) < 4.78 is 38.9. The van der Waals surface area contributed by atoms with E-state index in [2.05, 4.69) is 31.3 Å². The Balaban J connectivity index is 1.85. The number of benzene rings is 2. The maximum Gasteiger partial charge on any atom is 0.264 e. The first kappa shape index (κ1) is 26.5. The smallest absolute Gasteiger partial charge is 0.264 e. The van der Waals surface area contributed by atoms with Crippen LogP contribution in [0.25, 0.3) is 0 Å². The van der Waals surface area contributed by atoms with Gasteiger partial charge in [-0.2, -0.15) is 5.10 Å². The van der Waals surface area contributed by atoms with Crippen LogP contribution in [0.1, 0.15) is 46.5 Å². The summed E-state index contributed by atoms with van der Waals surface area (Å²) in [6, 6.07) is 12.8. The van der Waals surface area contributed by atoms with Crippen LogP contribution >= 0.6 is 0 Å². The third-order valence-electron chi connectivity index (χ3n) is 6.40. The van der Waals surface area contributed by atoms with Crippen LogP contribution < -0.4 is 19.2 Å². The van der Waals surface area contributed by atoms with Crippen LogP contribution in [0.5, 0.6) is 11.5 Å². The van der Waals surface area contributed by atoms with E-state index in [4.69, 9.17) is 9.47 Å². The quantitative estimate of drug-likeness (QED) is 0.533. The van der Waals surface area contributed by atoms with Crippen LogP contribution in [-0.2, 0) is 14.8 Å². The fourth-order valence-electron chi connectivity index (χ4n) is 4.25. The number of methoxy groups -OCH3 is 2. The largest absolute Gasteiger partial charge is 0.497 e. The Morgan fingerprint density at radius 3 is 2.29 bits per heavy atom. The summed E-state index contributed by atoms with van der Waals surface area (Å²) >= 11 is 0. The Morgan fingerprint density at radius 1 is 1.06 bits per heavy atom. The van der Waals surface area contributed by atoms with E-state index in [-0.39, 0.29) is 16.0 Å². The molecule has 0 aromatic heterocycles. The average Bonchev–Trinajstić information content (AvgIpc) is 2.85. The summed E-state index contributed by atoms with van der Waals surface area (Å²) in [5, 5.41) is 4.32. The lowest BCUT2D eigenvalue weighted by molar-refractivity contribution is -0.119. The standard InChI is InChI=1S/C26H35N3O5S/c1-26(2,3)19-11-13-20(14-12-19)27-28-25(30)18-29(35(31,32)22-9-7-6-8-10-22)23-17-21(33-4)15-16-24(23)34-5/h6-10,15-17,19H,11-14,18H2,1-5H3,(H,28,30). The normalized spacial score (nSPS) is 16.4. The van der Waals surface area contributed by atoms with Crippen molar-refractivity contribution >= 4 is 27.3 Å². The van der Waals surface area contributed by atoms with Gasteiger partial charge in [0.05, 0.1) is 24.8 Å². The maximum atomic E-state index is 13.6. The van der Waals surface area contributed by atoms with E-state index in [0.29, 0.717) is 17.4 Å². The highest BCUT2D eigenvalue weighted by molar-refractivity contribution is 7.92. The molecule has 1 saturated carbocycles. The van der Waals surface area contributed by atoms with Gasteiger partial charge in [0.2, 0.25) is 0 Å². The highest BCUT2D eigenvalue weighted by Crippen LogP contribution is 2.37. The molecule has 1 N–H and O–H groups in total. The van der Waals surface area contributed by atoms with E-state index in [1.54, 1.807) is 30.3 Å². The summed E-state index contributed by atoms with van der Waals surface area (Å²) in [7, 11) is -1.16. The van der Waals surface area contributed by atoms with Gasteiger partial charge in [-0.05, 0) is 61.3 Å². The average molecular weight is 502 g/mol. The molecule has 2 aromatic rings. The van der Waals surface area contributed by atoms with E-state index in [1.165, 1.54) is 32.4 Å². The zero-order chi connectivity index (χ0) is 25.6. The number of ether oxygens (including phenoxy) is 2. The van der Waals surface area contributed by atoms with E-state index in [9.17, 15) is 13.2 Å². The van der Waals surface area contributed by atoms with E-state index in [0.717, 1.165) is 35.7 Å². The van der Waals surface area contributed by atoms with Gasteiger partial charge >= 0.3 is 0 Å². The SMILES string of the molecule is COc1ccc(OC)c(N(CC(=O)NN=C2CCC(C(C)(C)C)CC2)S(=O)(=O)c2ccccc2)c1. The number of hydrogen-bond acceptors (Lipinski definition) is 6. The molecule has 2 aromatic carbocycles. The maximum absolute atomic E-state index is 13.6. The number of nitrogens with zero attached hydrogens (tertiary/aromatic N) is 2. The molecule has 8 nitrogen and oxygen atoms in total. The Kier molecular flexibility index (Phi) is 8.43. The molecule has 3 rings (SSSR count). The molecular formula is C26H35N3O5S. The Labute approximate surface area is 208 Å². The lowest BCUT2D eigenvalue weighted by Crippen LogP contribution is -2.40. The zero-order valence-corrected chi connectivity index (χ0v) is 21.9. The van der Waals surface area contributed by atoms with Gasteiger partial charge in [0.15, 0.2) is 0 Å². The second kappa shape index (κ2) is 11.1. The number of hydrazone groups is 1. The van der Waals surface area contributed by atoms with Crippen LogP contribution in [0.4, 0.5) is 5.69 Å². The first-order valence-corrected chi connectivity index (χ1v) is 13.1. The van der Waals surface area contributed by atoms with Crippen molar-refractivity contribution in [3.63, 3.8) is 0 Å². The van der Waals surface area contributed by atoms with Crippen LogP contribution in [0.15, 0.2) is 58.5 Å². The Bertz CT molecular complexity index is 1150. The van der Waals surface area contributed by atoms with Crippen molar-refractivity contribution in [1.29, 1.82) is 0 Å². The molecule has 0 spiro atoms. The fraction of sp³-hybridized carbons (Fsp3) is 0.462. The molecule has 0 atom stereocenters. The number of amides is 1. The number of hydrogen-bond donors (Lipinski definition) is 1. The third kappa shape index (κ3) is 6.54. The number of rotatable bonds is 8. The van der Waals surface area contributed by atoms with E-state index in [1.807, 2.05) is 0 Å². The predicted octanol–water partition coefficient (Wildman–Crippen LogP) is 4.61. The minimum absolute atomic E-state index is 0.0597. The second-order valence-corrected chi connectivity index (χ2v) is 11.6. The monoisotopic (exact) mass is 501 g/mol. The van der Waals surface area contributed by atoms with Gasteiger partial charge in [-0.3, -0.25) is 9.10 Å². The first-order chi connectivity index (χ1) is 16.6. The summed E-state index contributed by atoms with van der Waals surface area (Å²) in [5.41, 5.74) is 3.94. The Morgan fingerprint density at radius 2 is 1.71 bits per heavy atom. The molecule has 1 amide bonds. The number of anilines is 1. The number of nitrogens with one attached hydrogen (secondary N) is 1. The molecular weight excluding hydrogens is 466 g/mol. The van der Waals surface area contributed by atoms with Crippen molar-refractivity contribution in [2.45, 2.75) is 51.3 Å². The van der Waals surface area contributed by atoms with Gasteiger partial charge in [0.1, 0.15) is 18.0 Å². The van der Waals surface area contributed by atoms with Gasteiger partial charge in [-0.25, -0.2) is 13.8 Å². The molecule has 0 aliphatic heterocycles. The number of carbonyl (C=O) groups is 1. The highest BCUT2D eigenvalue weighted by Gasteiger charge is 2.31. The van der Waals surface area contributed by atoms with Gasteiger partial charge in [-0.1, -0.05) is 39.0 Å². The van der Waals surface area contributed by atoms with Crippen LogP contribution in [-0.4, -0.2) is 40.8 Å². The minimum atomic E-state index is -4.09. The van der Waals surface area contributed by atoms with E-state index < -0.39 is 22.5 Å². The van der Waals surface area contributed by atoms with Crippen molar-refractivity contribution in [1.82, 2.24) is 5.43 Å². The number of sulfonamides is 1. The van der Waals surface area contributed by atoms with Gasteiger partial charge in [-0.15, -0.1) is 0 Å². The topological polar surface area (TPSA) is 97.3 Å². The molecule has 0 radical (unpaired) electrons. The molecule has 190 valence electrons. The van der Waals surface area contributed by atoms with Gasteiger partial charge in [0, 0.05) is 11.8 Å².